The van der Waals surface area contributed by atoms with Gasteiger partial charge in [0, 0.05) is 36.3 Å². The number of nitrogens with two attached hydrogens (primary N) is 1. The van der Waals surface area contributed by atoms with E-state index < -0.39 is 0 Å². The zero-order chi connectivity index (χ0) is 12.4. The number of piperazine rings is 1. The second kappa shape index (κ2) is 5.25. The van der Waals surface area contributed by atoms with Crippen molar-refractivity contribution in [3.63, 3.8) is 0 Å². The van der Waals surface area contributed by atoms with Crippen LogP contribution in [0.15, 0.2) is 16.6 Å². The van der Waals surface area contributed by atoms with Gasteiger partial charge in [0.2, 0.25) is 0 Å². The number of rotatable bonds is 2. The third kappa shape index (κ3) is 3.12. The summed E-state index contributed by atoms with van der Waals surface area (Å²) in [6.07, 6.45) is 0. The Morgan fingerprint density at radius 3 is 2.53 bits per heavy atom. The van der Waals surface area contributed by atoms with Crippen LogP contribution in [-0.2, 0) is 0 Å². The van der Waals surface area contributed by atoms with Gasteiger partial charge >= 0.3 is 0 Å². The summed E-state index contributed by atoms with van der Waals surface area (Å²) in [6.45, 7) is 6.28. The summed E-state index contributed by atoms with van der Waals surface area (Å²) in [5.41, 5.74) is 12.3. The fraction of sp³-hybridized carbons (Fsp3) is 0.500. The number of hydrazine groups is 1. The molecule has 0 atom stereocenters. The van der Waals surface area contributed by atoms with E-state index in [4.69, 9.17) is 5.73 Å². The molecule has 1 saturated heterocycles. The second-order valence-electron chi connectivity index (χ2n) is 4.59. The third-order valence-corrected chi connectivity index (χ3v) is 3.79. The molecular formula is C12H19BrN4. The Bertz CT molecular complexity index is 400. The van der Waals surface area contributed by atoms with Crippen molar-refractivity contribution >= 4 is 27.3 Å². The summed E-state index contributed by atoms with van der Waals surface area (Å²) in [7, 11) is 2.15. The molecule has 1 aromatic carbocycles. The van der Waals surface area contributed by atoms with Crippen molar-refractivity contribution in [2.45, 2.75) is 6.92 Å². The monoisotopic (exact) mass is 298 g/mol. The highest BCUT2D eigenvalue weighted by Crippen LogP contribution is 2.28. The van der Waals surface area contributed by atoms with Gasteiger partial charge in [0.25, 0.3) is 0 Å². The van der Waals surface area contributed by atoms with Crippen LogP contribution >= 0.6 is 15.9 Å². The number of likely N-dealkylation sites (N-methyl/N-ethyl adjacent to an activating group) is 1. The van der Waals surface area contributed by atoms with Crippen LogP contribution < -0.4 is 11.2 Å². The van der Waals surface area contributed by atoms with E-state index >= 15 is 0 Å². The van der Waals surface area contributed by atoms with Gasteiger partial charge in [0.1, 0.15) is 0 Å². The molecule has 0 saturated carbocycles. The molecule has 0 bridgehead atoms. The van der Waals surface area contributed by atoms with Gasteiger partial charge in [-0.15, -0.1) is 0 Å². The average Bonchev–Trinajstić information content (AvgIpc) is 2.29. The van der Waals surface area contributed by atoms with Crippen LogP contribution in [0.25, 0.3) is 0 Å². The van der Waals surface area contributed by atoms with Crippen molar-refractivity contribution in [1.29, 1.82) is 0 Å². The normalized spacial score (nSPS) is 18.3. The molecule has 1 fully saturated rings. The number of nitrogen functional groups attached to an aromatic ring is 1. The van der Waals surface area contributed by atoms with Crippen LogP contribution in [0, 0.1) is 6.92 Å². The molecule has 0 amide bonds. The smallest absolute Gasteiger partial charge is 0.0636 e. The number of benzene rings is 1. The number of anilines is 2. The second-order valence-corrected chi connectivity index (χ2v) is 5.45. The number of halogens is 1. The van der Waals surface area contributed by atoms with Crippen LogP contribution in [0.5, 0.6) is 0 Å². The molecule has 0 spiro atoms. The lowest BCUT2D eigenvalue weighted by molar-refractivity contribution is 0.179. The predicted molar refractivity (Wildman–Crippen MR) is 76.0 cm³/mol. The first-order valence-corrected chi connectivity index (χ1v) is 6.61. The topological polar surface area (TPSA) is 44.5 Å². The lowest BCUT2D eigenvalue weighted by Crippen LogP contribution is -2.47. The molecule has 5 heteroatoms. The van der Waals surface area contributed by atoms with Gasteiger partial charge in [-0.2, -0.15) is 0 Å². The summed E-state index contributed by atoms with van der Waals surface area (Å²) in [5.74, 6) is 0. The van der Waals surface area contributed by atoms with E-state index in [2.05, 4.69) is 44.4 Å². The molecule has 1 aromatic rings. The third-order valence-electron chi connectivity index (χ3n) is 3.14. The van der Waals surface area contributed by atoms with Crippen LogP contribution in [0.2, 0.25) is 0 Å². The van der Waals surface area contributed by atoms with E-state index in [9.17, 15) is 0 Å². The maximum absolute atomic E-state index is 5.86. The highest BCUT2D eigenvalue weighted by Gasteiger charge is 2.14. The Balaban J connectivity index is 2.06. The average molecular weight is 299 g/mol. The van der Waals surface area contributed by atoms with E-state index in [1.54, 1.807) is 0 Å². The van der Waals surface area contributed by atoms with E-state index in [-0.39, 0.29) is 0 Å². The van der Waals surface area contributed by atoms with Gasteiger partial charge in [-0.05, 0) is 47.6 Å². The van der Waals surface area contributed by atoms with Crippen molar-refractivity contribution < 1.29 is 0 Å². The number of nitrogens with zero attached hydrogens (tertiary/aromatic N) is 2. The lowest BCUT2D eigenvalue weighted by atomic mass is 10.2. The van der Waals surface area contributed by atoms with Gasteiger partial charge in [-0.1, -0.05) is 0 Å². The molecule has 1 aliphatic heterocycles. The van der Waals surface area contributed by atoms with Crippen LogP contribution in [0.3, 0.4) is 0 Å². The Kier molecular flexibility index (Phi) is 3.91. The van der Waals surface area contributed by atoms with Crippen molar-refractivity contribution in [3.05, 3.63) is 22.2 Å². The number of aryl methyl sites for hydroxylation is 1. The van der Waals surface area contributed by atoms with Crippen molar-refractivity contribution in [1.82, 2.24) is 9.91 Å². The van der Waals surface area contributed by atoms with Crippen molar-refractivity contribution in [2.24, 2.45) is 0 Å². The van der Waals surface area contributed by atoms with Gasteiger partial charge in [0.05, 0.1) is 5.69 Å². The molecule has 1 aliphatic rings. The van der Waals surface area contributed by atoms with E-state index in [1.807, 2.05) is 13.0 Å². The van der Waals surface area contributed by atoms with Gasteiger partial charge < -0.3 is 16.1 Å². The largest absolute Gasteiger partial charge is 0.398 e. The molecule has 1 heterocycles. The lowest BCUT2D eigenvalue weighted by Gasteiger charge is -2.33. The Hall–Kier alpha value is -0.780. The number of nitrogens with one attached hydrogen (secondary N) is 1. The van der Waals surface area contributed by atoms with Crippen molar-refractivity contribution in [2.75, 3.05) is 44.4 Å². The zero-order valence-electron chi connectivity index (χ0n) is 10.3. The molecule has 2 rings (SSSR count). The van der Waals surface area contributed by atoms with Gasteiger partial charge in [-0.25, -0.2) is 5.01 Å². The first-order chi connectivity index (χ1) is 8.06. The molecule has 94 valence electrons. The van der Waals surface area contributed by atoms with E-state index in [0.717, 1.165) is 47.6 Å². The first kappa shape index (κ1) is 12.7. The van der Waals surface area contributed by atoms with Crippen LogP contribution in [-0.4, -0.2) is 43.1 Å². The number of hydrogen-bond donors (Lipinski definition) is 2. The summed E-state index contributed by atoms with van der Waals surface area (Å²) < 4.78 is 1.01. The van der Waals surface area contributed by atoms with Gasteiger partial charge in [0.15, 0.2) is 0 Å². The quantitative estimate of drug-likeness (QED) is 0.819. The highest BCUT2D eigenvalue weighted by molar-refractivity contribution is 9.10. The zero-order valence-corrected chi connectivity index (χ0v) is 11.9. The van der Waals surface area contributed by atoms with Gasteiger partial charge in [-0.3, -0.25) is 0 Å². The molecule has 0 aliphatic carbocycles. The standard InChI is InChI=1S/C12H19BrN4/c1-9-7-12(10(13)8-11(9)14)15-17-5-3-16(2)4-6-17/h7-8,15H,3-6,14H2,1-2H3. The first-order valence-electron chi connectivity index (χ1n) is 5.82. The summed E-state index contributed by atoms with van der Waals surface area (Å²) in [4.78, 5) is 2.33. The SMILES string of the molecule is Cc1cc(NN2CCN(C)CC2)c(Br)cc1N. The van der Waals surface area contributed by atoms with E-state index in [1.165, 1.54) is 0 Å². The fourth-order valence-electron chi connectivity index (χ4n) is 1.87. The molecule has 0 radical (unpaired) electrons. The molecular weight excluding hydrogens is 280 g/mol. The summed E-state index contributed by atoms with van der Waals surface area (Å²) >= 11 is 3.54. The molecule has 3 N–H and O–H groups in total. The Morgan fingerprint density at radius 1 is 1.24 bits per heavy atom. The fourth-order valence-corrected chi connectivity index (χ4v) is 2.32. The summed E-state index contributed by atoms with van der Waals surface area (Å²) in [6, 6.07) is 4.03. The molecule has 17 heavy (non-hydrogen) atoms. The van der Waals surface area contributed by atoms with Crippen molar-refractivity contribution in [3.8, 4) is 0 Å². The summed E-state index contributed by atoms with van der Waals surface area (Å²) in [5, 5.41) is 2.25. The minimum absolute atomic E-state index is 0.820. The molecule has 4 nitrogen and oxygen atoms in total. The molecule has 0 unspecified atom stereocenters. The number of hydrogen-bond acceptors (Lipinski definition) is 4. The predicted octanol–water partition coefficient (Wildman–Crippen LogP) is 1.91. The maximum Gasteiger partial charge on any atom is 0.0636 e. The minimum Gasteiger partial charge on any atom is -0.398 e. The van der Waals surface area contributed by atoms with E-state index in [0.29, 0.717) is 0 Å². The Labute approximate surface area is 111 Å². The van der Waals surface area contributed by atoms with Crippen LogP contribution in [0.4, 0.5) is 11.4 Å². The highest BCUT2D eigenvalue weighted by atomic mass is 79.9. The maximum atomic E-state index is 5.86. The Morgan fingerprint density at radius 2 is 1.88 bits per heavy atom. The minimum atomic E-state index is 0.820. The molecule has 0 aromatic heterocycles. The van der Waals surface area contributed by atoms with Crippen LogP contribution in [0.1, 0.15) is 5.56 Å².